The number of hydrogen-bond acceptors (Lipinski definition) is 4. The van der Waals surface area contributed by atoms with Crippen LogP contribution in [0.4, 0.5) is 24.5 Å². The molecule has 0 amide bonds. The summed E-state index contributed by atoms with van der Waals surface area (Å²) in [5.41, 5.74) is 11.2. The number of imidazole rings is 1. The third-order valence-electron chi connectivity index (χ3n) is 4.54. The number of aliphatic imine (C=N–C) groups is 1. The van der Waals surface area contributed by atoms with E-state index < -0.39 is 6.36 Å². The molecular weight excluding hydrogens is 520 g/mol. The minimum atomic E-state index is -4.72. The first-order chi connectivity index (χ1) is 14.7. The van der Waals surface area contributed by atoms with Crippen LogP contribution < -0.4 is 10.5 Å². The summed E-state index contributed by atoms with van der Waals surface area (Å²) in [6, 6.07) is 16.9. The minimum absolute atomic E-state index is 0.281. The van der Waals surface area contributed by atoms with Crippen LogP contribution in [0.1, 0.15) is 12.5 Å². The average Bonchev–Trinajstić information content (AvgIpc) is 3.13. The van der Waals surface area contributed by atoms with E-state index in [0.29, 0.717) is 22.8 Å². The van der Waals surface area contributed by atoms with Crippen molar-refractivity contribution in [1.29, 1.82) is 0 Å². The van der Waals surface area contributed by atoms with Gasteiger partial charge in [-0.15, -0.1) is 13.2 Å². The Morgan fingerprint density at radius 1 is 1.06 bits per heavy atom. The van der Waals surface area contributed by atoms with Crippen molar-refractivity contribution in [2.45, 2.75) is 13.3 Å². The third kappa shape index (κ3) is 4.98. The number of nitrogens with one attached hydrogen (secondary N) is 1. The number of nitrogen functional groups attached to an aromatic ring is 1. The SMILES string of the molecule is CC(=Nc1cc(I)ccc1N)c1ccc2nc(-c3ccc(OC(F)(F)F)cc3)[nH]c2c1. The molecular formula is C22H16F3IN4O. The molecule has 158 valence electrons. The van der Waals surface area contributed by atoms with E-state index in [-0.39, 0.29) is 5.75 Å². The highest BCUT2D eigenvalue weighted by molar-refractivity contribution is 14.1. The van der Waals surface area contributed by atoms with Gasteiger partial charge in [0.2, 0.25) is 0 Å². The van der Waals surface area contributed by atoms with Gasteiger partial charge in [-0.2, -0.15) is 0 Å². The van der Waals surface area contributed by atoms with Gasteiger partial charge in [0.15, 0.2) is 0 Å². The second-order valence-electron chi connectivity index (χ2n) is 6.79. The molecule has 1 heterocycles. The highest BCUT2D eigenvalue weighted by Crippen LogP contribution is 2.28. The van der Waals surface area contributed by atoms with Crippen LogP contribution in [0.2, 0.25) is 0 Å². The summed E-state index contributed by atoms with van der Waals surface area (Å²) in [7, 11) is 0. The summed E-state index contributed by atoms with van der Waals surface area (Å²) >= 11 is 2.21. The van der Waals surface area contributed by atoms with Crippen LogP contribution in [0.25, 0.3) is 22.4 Å². The van der Waals surface area contributed by atoms with Gasteiger partial charge in [-0.3, -0.25) is 4.99 Å². The van der Waals surface area contributed by atoms with Crippen LogP contribution in [0, 0.1) is 3.57 Å². The van der Waals surface area contributed by atoms with E-state index >= 15 is 0 Å². The lowest BCUT2D eigenvalue weighted by molar-refractivity contribution is -0.274. The van der Waals surface area contributed by atoms with E-state index in [0.717, 1.165) is 25.9 Å². The maximum atomic E-state index is 12.3. The minimum Gasteiger partial charge on any atom is -0.406 e. The maximum absolute atomic E-state index is 12.3. The Hall–Kier alpha value is -3.08. The second-order valence-corrected chi connectivity index (χ2v) is 8.04. The number of hydrogen-bond donors (Lipinski definition) is 2. The Kier molecular flexibility index (Phi) is 5.61. The zero-order valence-electron chi connectivity index (χ0n) is 16.2. The molecule has 9 heteroatoms. The van der Waals surface area contributed by atoms with Crippen molar-refractivity contribution in [1.82, 2.24) is 9.97 Å². The molecule has 0 unspecified atom stereocenters. The summed E-state index contributed by atoms with van der Waals surface area (Å²) in [6.45, 7) is 1.90. The van der Waals surface area contributed by atoms with Crippen molar-refractivity contribution in [3.8, 4) is 17.1 Å². The van der Waals surface area contributed by atoms with Crippen LogP contribution in [0.15, 0.2) is 65.7 Å². The molecule has 0 atom stereocenters. The predicted octanol–water partition coefficient (Wildman–Crippen LogP) is 6.46. The molecule has 0 radical (unpaired) electrons. The molecule has 3 N–H and O–H groups in total. The summed E-state index contributed by atoms with van der Waals surface area (Å²) in [6.07, 6.45) is -4.72. The number of H-pyrrole nitrogens is 1. The zero-order chi connectivity index (χ0) is 22.2. The second kappa shape index (κ2) is 8.22. The molecule has 0 saturated carbocycles. The number of anilines is 1. The van der Waals surface area contributed by atoms with E-state index in [2.05, 4.69) is 42.3 Å². The van der Waals surface area contributed by atoms with Crippen molar-refractivity contribution in [2.75, 3.05) is 5.73 Å². The Bertz CT molecular complexity index is 1280. The Morgan fingerprint density at radius 2 is 1.81 bits per heavy atom. The first-order valence-corrected chi connectivity index (χ1v) is 10.2. The van der Waals surface area contributed by atoms with E-state index in [4.69, 9.17) is 5.73 Å². The van der Waals surface area contributed by atoms with Gasteiger partial charge in [0.1, 0.15) is 11.6 Å². The molecule has 4 aromatic rings. The quantitative estimate of drug-likeness (QED) is 0.179. The summed E-state index contributed by atoms with van der Waals surface area (Å²) in [5.74, 6) is 0.262. The lowest BCUT2D eigenvalue weighted by Gasteiger charge is -2.08. The van der Waals surface area contributed by atoms with E-state index in [1.165, 1.54) is 24.3 Å². The molecule has 0 spiro atoms. The number of nitrogens with zero attached hydrogens (tertiary/aromatic N) is 2. The topological polar surface area (TPSA) is 76.3 Å². The Balaban J connectivity index is 1.62. The number of fused-ring (bicyclic) bond motifs is 1. The number of halogens is 4. The van der Waals surface area contributed by atoms with Crippen LogP contribution in [-0.4, -0.2) is 22.0 Å². The highest BCUT2D eigenvalue weighted by atomic mass is 127. The van der Waals surface area contributed by atoms with E-state index in [1.54, 1.807) is 0 Å². The fourth-order valence-electron chi connectivity index (χ4n) is 3.04. The van der Waals surface area contributed by atoms with Gasteiger partial charge >= 0.3 is 6.36 Å². The summed E-state index contributed by atoms with van der Waals surface area (Å²) in [4.78, 5) is 12.4. The lowest BCUT2D eigenvalue weighted by Crippen LogP contribution is -2.16. The number of aromatic amines is 1. The van der Waals surface area contributed by atoms with Crippen LogP contribution >= 0.6 is 22.6 Å². The van der Waals surface area contributed by atoms with Crippen LogP contribution in [0.3, 0.4) is 0 Å². The van der Waals surface area contributed by atoms with E-state index in [9.17, 15) is 13.2 Å². The first kappa shape index (κ1) is 21.2. The van der Waals surface area contributed by atoms with Crippen LogP contribution in [0.5, 0.6) is 5.75 Å². The van der Waals surface area contributed by atoms with Gasteiger partial charge in [-0.1, -0.05) is 6.07 Å². The molecule has 0 fully saturated rings. The monoisotopic (exact) mass is 536 g/mol. The Morgan fingerprint density at radius 3 is 2.52 bits per heavy atom. The maximum Gasteiger partial charge on any atom is 0.573 e. The standard InChI is InChI=1S/C22H16F3IN4O/c1-12(28-19-11-15(26)5-8-17(19)27)14-4-9-18-20(10-14)30-21(29-18)13-2-6-16(7-3-13)31-22(23,24)25/h2-11H,27H2,1H3,(H,29,30). The molecule has 31 heavy (non-hydrogen) atoms. The largest absolute Gasteiger partial charge is 0.573 e. The number of nitrogens with two attached hydrogens (primary N) is 1. The number of aromatic nitrogens is 2. The fraction of sp³-hybridized carbons (Fsp3) is 0.0909. The summed E-state index contributed by atoms with van der Waals surface area (Å²) in [5, 5.41) is 0. The van der Waals surface area contributed by atoms with Crippen molar-refractivity contribution in [3.63, 3.8) is 0 Å². The zero-order valence-corrected chi connectivity index (χ0v) is 18.3. The van der Waals surface area contributed by atoms with Crippen molar-refractivity contribution >= 4 is 50.7 Å². The van der Waals surface area contributed by atoms with Gasteiger partial charge < -0.3 is 15.5 Å². The van der Waals surface area contributed by atoms with Crippen molar-refractivity contribution < 1.29 is 17.9 Å². The molecule has 5 nitrogen and oxygen atoms in total. The van der Waals surface area contributed by atoms with Gasteiger partial charge in [-0.25, -0.2) is 4.98 Å². The predicted molar refractivity (Wildman–Crippen MR) is 124 cm³/mol. The van der Waals surface area contributed by atoms with Crippen LogP contribution in [-0.2, 0) is 0 Å². The summed E-state index contributed by atoms with van der Waals surface area (Å²) < 4.78 is 41.9. The molecule has 1 aromatic heterocycles. The molecule has 0 bridgehead atoms. The fourth-order valence-corrected chi connectivity index (χ4v) is 3.52. The normalized spacial score (nSPS) is 12.4. The molecule has 0 aliphatic carbocycles. The molecule has 0 aliphatic heterocycles. The van der Waals surface area contributed by atoms with Gasteiger partial charge in [0.05, 0.1) is 22.4 Å². The van der Waals surface area contributed by atoms with Gasteiger partial charge in [0, 0.05) is 14.8 Å². The lowest BCUT2D eigenvalue weighted by atomic mass is 10.1. The number of ether oxygens (including phenoxy) is 1. The molecule has 3 aromatic carbocycles. The molecule has 0 aliphatic rings. The van der Waals surface area contributed by atoms with Crippen molar-refractivity contribution in [2.24, 2.45) is 4.99 Å². The first-order valence-electron chi connectivity index (χ1n) is 9.14. The van der Waals surface area contributed by atoms with Gasteiger partial charge in [0.25, 0.3) is 0 Å². The van der Waals surface area contributed by atoms with Gasteiger partial charge in [-0.05, 0) is 89.7 Å². The molecule has 0 saturated heterocycles. The average molecular weight is 536 g/mol. The third-order valence-corrected chi connectivity index (χ3v) is 5.21. The van der Waals surface area contributed by atoms with E-state index in [1.807, 2.05) is 43.3 Å². The number of benzene rings is 3. The highest BCUT2D eigenvalue weighted by Gasteiger charge is 2.31. The number of alkyl halides is 3. The Labute approximate surface area is 189 Å². The number of rotatable bonds is 4. The van der Waals surface area contributed by atoms with Crippen molar-refractivity contribution in [3.05, 3.63) is 69.8 Å². The smallest absolute Gasteiger partial charge is 0.406 e. The molecule has 4 rings (SSSR count).